The third kappa shape index (κ3) is 4.03. The highest BCUT2D eigenvalue weighted by Crippen LogP contribution is 2.46. The summed E-state index contributed by atoms with van der Waals surface area (Å²) in [6, 6.07) is 22.4. The average molecular weight is 560 g/mol. The average Bonchev–Trinajstić information content (AvgIpc) is 3.71. The van der Waals surface area contributed by atoms with E-state index in [1.807, 2.05) is 24.3 Å². The molecule has 1 aliphatic rings. The van der Waals surface area contributed by atoms with Crippen LogP contribution in [0.25, 0.3) is 32.6 Å². The number of amides is 2. The van der Waals surface area contributed by atoms with Gasteiger partial charge in [0.05, 0.1) is 10.6 Å². The number of carbonyl (C=O) groups is 2. The van der Waals surface area contributed by atoms with E-state index in [4.69, 9.17) is 0 Å². The van der Waals surface area contributed by atoms with Gasteiger partial charge in [0.25, 0.3) is 17.5 Å². The van der Waals surface area contributed by atoms with Crippen molar-refractivity contribution in [1.29, 1.82) is 0 Å². The Hall–Kier alpha value is -5.64. The number of rotatable bonds is 5. The van der Waals surface area contributed by atoms with Crippen LogP contribution in [-0.2, 0) is 0 Å². The zero-order chi connectivity index (χ0) is 29.1. The molecule has 42 heavy (non-hydrogen) atoms. The first-order valence-corrected chi connectivity index (χ1v) is 13.6. The Morgan fingerprint density at radius 1 is 0.952 bits per heavy atom. The van der Waals surface area contributed by atoms with E-state index in [-0.39, 0.29) is 29.0 Å². The third-order valence-electron chi connectivity index (χ3n) is 8.05. The lowest BCUT2D eigenvalue weighted by atomic mass is 9.93. The maximum Gasteiger partial charge on any atom is 0.274 e. The number of hydrogen-bond acceptors (Lipinski definition) is 5. The fourth-order valence-corrected chi connectivity index (χ4v) is 5.98. The number of hydrogen-bond donors (Lipinski definition) is 4. The fraction of sp³-hybridized carbons (Fsp3) is 0.125. The number of non-ortho nitro benzene ring substituents is 1. The molecule has 4 aromatic carbocycles. The number of fused-ring (bicyclic) bond motifs is 5. The molecule has 0 unspecified atom stereocenters. The Balaban J connectivity index is 1.16. The van der Waals surface area contributed by atoms with Crippen LogP contribution in [0.15, 0.2) is 78.9 Å². The van der Waals surface area contributed by atoms with Crippen LogP contribution >= 0.6 is 0 Å². The molecule has 0 bridgehead atoms. The number of nitrogens with zero attached hydrogens (tertiary/aromatic N) is 2. The molecule has 2 amide bonds. The second kappa shape index (κ2) is 9.48. The van der Waals surface area contributed by atoms with Crippen molar-refractivity contribution in [3.05, 3.63) is 106 Å². The van der Waals surface area contributed by atoms with E-state index in [1.165, 1.54) is 12.1 Å². The van der Waals surface area contributed by atoms with Crippen molar-refractivity contribution < 1.29 is 19.6 Å². The van der Waals surface area contributed by atoms with Gasteiger partial charge in [-0.15, -0.1) is 0 Å². The number of phenolic OH excluding ortho intramolecular Hbond substituents is 1. The van der Waals surface area contributed by atoms with E-state index in [2.05, 4.69) is 22.2 Å². The highest BCUT2D eigenvalue weighted by molar-refractivity contribution is 6.12. The number of aromatic hydroxyl groups is 1. The van der Waals surface area contributed by atoms with Gasteiger partial charge in [-0.1, -0.05) is 31.2 Å². The number of nitro benzene ring substituents is 1. The Bertz CT molecular complexity index is 2090. The molecule has 0 aliphatic carbocycles. The van der Waals surface area contributed by atoms with Crippen molar-refractivity contribution in [3.63, 3.8) is 0 Å². The van der Waals surface area contributed by atoms with Crippen LogP contribution in [-0.4, -0.2) is 38.4 Å². The van der Waals surface area contributed by atoms with Crippen LogP contribution in [0.2, 0.25) is 0 Å². The quantitative estimate of drug-likeness (QED) is 0.135. The Morgan fingerprint density at radius 2 is 1.64 bits per heavy atom. The molecule has 2 aromatic heterocycles. The van der Waals surface area contributed by atoms with Gasteiger partial charge in [0.1, 0.15) is 17.1 Å². The summed E-state index contributed by atoms with van der Waals surface area (Å²) in [4.78, 5) is 45.3. The van der Waals surface area contributed by atoms with Gasteiger partial charge >= 0.3 is 0 Å². The van der Waals surface area contributed by atoms with Crippen LogP contribution in [0.1, 0.15) is 45.8 Å². The Labute approximate surface area is 238 Å². The molecule has 10 heteroatoms. The minimum atomic E-state index is -0.478. The maximum absolute atomic E-state index is 13.8. The van der Waals surface area contributed by atoms with Gasteiger partial charge in [0, 0.05) is 63.5 Å². The number of nitro groups is 1. The Kier molecular flexibility index (Phi) is 5.72. The summed E-state index contributed by atoms with van der Waals surface area (Å²) in [5, 5.41) is 27.7. The first kappa shape index (κ1) is 25.3. The number of benzene rings is 4. The lowest BCUT2D eigenvalue weighted by Crippen LogP contribution is -2.30. The molecule has 0 spiro atoms. The lowest BCUT2D eigenvalue weighted by Gasteiger charge is -2.17. The fourth-order valence-electron chi connectivity index (χ4n) is 5.98. The molecule has 1 aliphatic heterocycles. The number of H-pyrrole nitrogens is 2. The van der Waals surface area contributed by atoms with Crippen molar-refractivity contribution in [3.8, 4) is 5.75 Å². The van der Waals surface area contributed by atoms with Crippen LogP contribution in [0.5, 0.6) is 5.75 Å². The molecule has 3 heterocycles. The van der Waals surface area contributed by atoms with Crippen molar-refractivity contribution in [2.75, 3.05) is 16.8 Å². The molecule has 0 saturated heterocycles. The van der Waals surface area contributed by atoms with Crippen molar-refractivity contribution in [1.82, 2.24) is 9.97 Å². The Morgan fingerprint density at radius 3 is 2.40 bits per heavy atom. The van der Waals surface area contributed by atoms with E-state index in [0.29, 0.717) is 28.8 Å². The van der Waals surface area contributed by atoms with Crippen molar-refractivity contribution in [2.24, 2.45) is 0 Å². The predicted octanol–water partition coefficient (Wildman–Crippen LogP) is 6.82. The molecular formula is C32H25N5O5. The van der Waals surface area contributed by atoms with Crippen LogP contribution < -0.4 is 10.2 Å². The van der Waals surface area contributed by atoms with Crippen LogP contribution in [0.3, 0.4) is 0 Å². The number of anilines is 2. The van der Waals surface area contributed by atoms with Crippen molar-refractivity contribution >= 4 is 61.5 Å². The molecule has 0 fully saturated rings. The first-order chi connectivity index (χ1) is 20.3. The van der Waals surface area contributed by atoms with Crippen molar-refractivity contribution in [2.45, 2.75) is 19.3 Å². The highest BCUT2D eigenvalue weighted by Gasteiger charge is 2.34. The van der Waals surface area contributed by atoms with Crippen LogP contribution in [0.4, 0.5) is 17.1 Å². The summed E-state index contributed by atoms with van der Waals surface area (Å²) in [5.74, 6) is -0.303. The number of aromatic nitrogens is 2. The van der Waals surface area contributed by atoms with Gasteiger partial charge < -0.3 is 25.3 Å². The van der Waals surface area contributed by atoms with E-state index >= 15 is 0 Å². The standard InChI is InChI=1S/C32H25N5O5/c1-2-17-16-36(28-15-29(38)22-5-3-4-6-23(22)30(17)28)32(40)27-14-18-11-20(7-9-24(18)35-27)33-31(39)26-13-19-12-21(37(41)42)8-10-25(19)34-26/h3-15,17,34-35,38H,2,16H2,1H3,(H,33,39)/t17-/m1/s1. The van der Waals surface area contributed by atoms with Gasteiger partial charge in [-0.2, -0.15) is 0 Å². The van der Waals surface area contributed by atoms with E-state index in [0.717, 1.165) is 39.3 Å². The molecule has 10 nitrogen and oxygen atoms in total. The van der Waals surface area contributed by atoms with E-state index in [9.17, 15) is 24.8 Å². The van der Waals surface area contributed by atoms with Crippen LogP contribution in [0, 0.1) is 10.1 Å². The zero-order valence-electron chi connectivity index (χ0n) is 22.5. The summed E-state index contributed by atoms with van der Waals surface area (Å²) in [5.41, 5.74) is 4.30. The van der Waals surface area contributed by atoms with E-state index < -0.39 is 10.8 Å². The highest BCUT2D eigenvalue weighted by atomic mass is 16.6. The molecule has 0 saturated carbocycles. The predicted molar refractivity (Wildman–Crippen MR) is 162 cm³/mol. The van der Waals surface area contributed by atoms with E-state index in [1.54, 1.807) is 47.4 Å². The first-order valence-electron chi connectivity index (χ1n) is 13.6. The number of aromatic amines is 2. The summed E-state index contributed by atoms with van der Waals surface area (Å²) in [7, 11) is 0. The summed E-state index contributed by atoms with van der Waals surface area (Å²) in [6.07, 6.45) is 0.856. The monoisotopic (exact) mass is 559 g/mol. The normalized spacial score (nSPS) is 14.5. The van der Waals surface area contributed by atoms with Gasteiger partial charge in [0.2, 0.25) is 0 Å². The molecule has 7 rings (SSSR count). The molecule has 208 valence electrons. The molecule has 4 N–H and O–H groups in total. The largest absolute Gasteiger partial charge is 0.507 e. The minimum absolute atomic E-state index is 0.0514. The second-order valence-electron chi connectivity index (χ2n) is 10.5. The second-order valence-corrected chi connectivity index (χ2v) is 10.5. The molecule has 1 atom stereocenters. The summed E-state index contributed by atoms with van der Waals surface area (Å²) < 4.78 is 0. The zero-order valence-corrected chi connectivity index (χ0v) is 22.5. The third-order valence-corrected chi connectivity index (χ3v) is 8.05. The molecule has 0 radical (unpaired) electrons. The maximum atomic E-state index is 13.8. The minimum Gasteiger partial charge on any atom is -0.507 e. The topological polar surface area (TPSA) is 144 Å². The smallest absolute Gasteiger partial charge is 0.274 e. The number of phenols is 1. The number of carbonyl (C=O) groups excluding carboxylic acids is 2. The van der Waals surface area contributed by atoms with Gasteiger partial charge in [0.15, 0.2) is 0 Å². The van der Waals surface area contributed by atoms with Gasteiger partial charge in [-0.3, -0.25) is 19.7 Å². The van der Waals surface area contributed by atoms with Gasteiger partial charge in [-0.05, 0) is 53.8 Å². The molecule has 6 aromatic rings. The summed E-state index contributed by atoms with van der Waals surface area (Å²) in [6.45, 7) is 2.62. The lowest BCUT2D eigenvalue weighted by molar-refractivity contribution is -0.384. The molecular weight excluding hydrogens is 534 g/mol. The summed E-state index contributed by atoms with van der Waals surface area (Å²) >= 11 is 0. The number of nitrogens with one attached hydrogen (secondary N) is 3. The SMILES string of the molecule is CC[C@@H]1CN(C(=O)c2cc3cc(NC(=O)c4cc5cc([N+](=O)[O-])ccc5[nH]4)ccc3[nH]2)c2cc(O)c3ccccc3c21. The van der Waals surface area contributed by atoms with Gasteiger partial charge in [-0.25, -0.2) is 0 Å².